The third-order valence-electron chi connectivity index (χ3n) is 3.22. The lowest BCUT2D eigenvalue weighted by molar-refractivity contribution is 0.361. The Hall–Kier alpha value is -0.960. The van der Waals surface area contributed by atoms with E-state index in [-0.39, 0.29) is 11.3 Å². The van der Waals surface area contributed by atoms with E-state index < -0.39 is 11.6 Å². The third kappa shape index (κ3) is 1.88. The van der Waals surface area contributed by atoms with E-state index >= 15 is 0 Å². The van der Waals surface area contributed by atoms with Crippen molar-refractivity contribution in [2.24, 2.45) is 5.41 Å². The molecule has 0 amide bonds. The number of hydrogen-bond donors (Lipinski definition) is 1. The predicted octanol–water partition coefficient (Wildman–Crippen LogP) is 2.68. The highest BCUT2D eigenvalue weighted by molar-refractivity contribution is 5.25. The van der Waals surface area contributed by atoms with Crippen molar-refractivity contribution in [1.82, 2.24) is 5.32 Å². The van der Waals surface area contributed by atoms with Gasteiger partial charge >= 0.3 is 0 Å². The standard InChI is InChI=1S/C12H15F2N/c1-12(2)7-15-6-9(12)8-3-4-10(13)11(14)5-8/h3-5,9,15H,6-7H2,1-2H3/t9-/m1/s1. The number of benzene rings is 1. The van der Waals surface area contributed by atoms with Crippen LogP contribution in [0, 0.1) is 17.0 Å². The molecule has 0 spiro atoms. The second kappa shape index (κ2) is 3.56. The van der Waals surface area contributed by atoms with E-state index in [1.807, 2.05) is 0 Å². The minimum absolute atomic E-state index is 0.101. The molecule has 1 nitrogen and oxygen atoms in total. The molecule has 0 unspecified atom stereocenters. The fourth-order valence-corrected chi connectivity index (χ4v) is 2.24. The zero-order valence-corrected chi connectivity index (χ0v) is 8.98. The van der Waals surface area contributed by atoms with Gasteiger partial charge in [0.15, 0.2) is 11.6 Å². The van der Waals surface area contributed by atoms with Gasteiger partial charge in [-0.2, -0.15) is 0 Å². The van der Waals surface area contributed by atoms with Crippen molar-refractivity contribution in [2.45, 2.75) is 19.8 Å². The van der Waals surface area contributed by atoms with Crippen molar-refractivity contribution in [3.63, 3.8) is 0 Å². The molecule has 0 saturated carbocycles. The largest absolute Gasteiger partial charge is 0.316 e. The first kappa shape index (κ1) is 10.6. The van der Waals surface area contributed by atoms with Gasteiger partial charge in [0.1, 0.15) is 0 Å². The summed E-state index contributed by atoms with van der Waals surface area (Å²) in [5.41, 5.74) is 0.980. The van der Waals surface area contributed by atoms with Gasteiger partial charge in [0, 0.05) is 19.0 Å². The topological polar surface area (TPSA) is 12.0 Å². The molecule has 82 valence electrons. The van der Waals surface area contributed by atoms with Crippen molar-refractivity contribution < 1.29 is 8.78 Å². The maximum absolute atomic E-state index is 13.1. The van der Waals surface area contributed by atoms with Crippen LogP contribution in [0.25, 0.3) is 0 Å². The molecule has 0 radical (unpaired) electrons. The van der Waals surface area contributed by atoms with Gasteiger partial charge in [-0.1, -0.05) is 19.9 Å². The van der Waals surface area contributed by atoms with Crippen LogP contribution in [0.5, 0.6) is 0 Å². The Morgan fingerprint density at radius 1 is 1.27 bits per heavy atom. The average molecular weight is 211 g/mol. The Balaban J connectivity index is 2.33. The third-order valence-corrected chi connectivity index (χ3v) is 3.22. The van der Waals surface area contributed by atoms with Crippen LogP contribution in [-0.4, -0.2) is 13.1 Å². The molecule has 0 bridgehead atoms. The maximum Gasteiger partial charge on any atom is 0.159 e. The van der Waals surface area contributed by atoms with Crippen molar-refractivity contribution in [1.29, 1.82) is 0 Å². The Bertz CT molecular complexity index is 374. The van der Waals surface area contributed by atoms with E-state index in [0.29, 0.717) is 0 Å². The van der Waals surface area contributed by atoms with Gasteiger partial charge < -0.3 is 5.32 Å². The van der Waals surface area contributed by atoms with Gasteiger partial charge in [0.05, 0.1) is 0 Å². The molecule has 0 aliphatic carbocycles. The quantitative estimate of drug-likeness (QED) is 0.753. The zero-order chi connectivity index (χ0) is 11.1. The van der Waals surface area contributed by atoms with Gasteiger partial charge in [0.2, 0.25) is 0 Å². The summed E-state index contributed by atoms with van der Waals surface area (Å²) in [4.78, 5) is 0. The summed E-state index contributed by atoms with van der Waals surface area (Å²) in [6.07, 6.45) is 0. The first-order valence-corrected chi connectivity index (χ1v) is 5.16. The number of hydrogen-bond acceptors (Lipinski definition) is 1. The van der Waals surface area contributed by atoms with E-state index in [2.05, 4.69) is 19.2 Å². The van der Waals surface area contributed by atoms with Crippen molar-refractivity contribution >= 4 is 0 Å². The maximum atomic E-state index is 13.1. The summed E-state index contributed by atoms with van der Waals surface area (Å²) < 4.78 is 25.9. The molecule has 1 heterocycles. The highest BCUT2D eigenvalue weighted by atomic mass is 19.2. The zero-order valence-electron chi connectivity index (χ0n) is 8.98. The summed E-state index contributed by atoms with van der Waals surface area (Å²) in [6, 6.07) is 4.20. The van der Waals surface area contributed by atoms with Crippen LogP contribution in [0.2, 0.25) is 0 Å². The van der Waals surface area contributed by atoms with E-state index in [9.17, 15) is 8.78 Å². The smallest absolute Gasteiger partial charge is 0.159 e. The van der Waals surface area contributed by atoms with Gasteiger partial charge in [-0.25, -0.2) is 8.78 Å². The Kier molecular flexibility index (Phi) is 2.51. The summed E-state index contributed by atoms with van der Waals surface area (Å²) >= 11 is 0. The van der Waals surface area contributed by atoms with E-state index in [4.69, 9.17) is 0 Å². The lowest BCUT2D eigenvalue weighted by Gasteiger charge is -2.26. The van der Waals surface area contributed by atoms with Gasteiger partial charge in [0.25, 0.3) is 0 Å². The number of rotatable bonds is 1. The van der Waals surface area contributed by atoms with Crippen LogP contribution in [0.3, 0.4) is 0 Å². The molecule has 1 aromatic carbocycles. The van der Waals surface area contributed by atoms with Gasteiger partial charge in [-0.3, -0.25) is 0 Å². The second-order valence-corrected chi connectivity index (χ2v) is 4.85. The molecule has 0 aromatic heterocycles. The van der Waals surface area contributed by atoms with Crippen LogP contribution in [0.4, 0.5) is 8.78 Å². The molecule has 1 aliphatic rings. The van der Waals surface area contributed by atoms with Gasteiger partial charge in [-0.15, -0.1) is 0 Å². The van der Waals surface area contributed by atoms with Crippen LogP contribution in [0.15, 0.2) is 18.2 Å². The molecule has 1 N–H and O–H groups in total. The molecule has 1 fully saturated rings. The Morgan fingerprint density at radius 2 is 2.00 bits per heavy atom. The number of halogens is 2. The number of nitrogens with one attached hydrogen (secondary N) is 1. The average Bonchev–Trinajstić information content (AvgIpc) is 2.50. The minimum Gasteiger partial charge on any atom is -0.316 e. The summed E-state index contributed by atoms with van der Waals surface area (Å²) in [5.74, 6) is -1.27. The van der Waals surface area contributed by atoms with Crippen LogP contribution in [0.1, 0.15) is 25.3 Å². The van der Waals surface area contributed by atoms with Crippen LogP contribution < -0.4 is 5.32 Å². The van der Waals surface area contributed by atoms with E-state index in [1.165, 1.54) is 12.1 Å². The normalized spacial score (nSPS) is 24.4. The summed E-state index contributed by atoms with van der Waals surface area (Å²) in [5, 5.41) is 3.28. The molecule has 1 aliphatic heterocycles. The van der Waals surface area contributed by atoms with Gasteiger partial charge in [-0.05, 0) is 23.1 Å². The molecule has 1 atom stereocenters. The fourth-order valence-electron chi connectivity index (χ4n) is 2.24. The van der Waals surface area contributed by atoms with Crippen LogP contribution in [-0.2, 0) is 0 Å². The molecular formula is C12H15F2N. The Morgan fingerprint density at radius 3 is 2.53 bits per heavy atom. The monoisotopic (exact) mass is 211 g/mol. The lowest BCUT2D eigenvalue weighted by Crippen LogP contribution is -2.20. The lowest BCUT2D eigenvalue weighted by atomic mass is 9.78. The van der Waals surface area contributed by atoms with E-state index in [1.54, 1.807) is 6.07 Å². The molecule has 2 rings (SSSR count). The second-order valence-electron chi connectivity index (χ2n) is 4.85. The molecular weight excluding hydrogens is 196 g/mol. The highest BCUT2D eigenvalue weighted by Gasteiger charge is 2.35. The highest BCUT2D eigenvalue weighted by Crippen LogP contribution is 2.38. The van der Waals surface area contributed by atoms with Crippen LogP contribution >= 0.6 is 0 Å². The van der Waals surface area contributed by atoms with Crippen molar-refractivity contribution in [3.8, 4) is 0 Å². The van der Waals surface area contributed by atoms with E-state index in [0.717, 1.165) is 18.7 Å². The molecule has 15 heavy (non-hydrogen) atoms. The fraction of sp³-hybridized carbons (Fsp3) is 0.500. The summed E-state index contributed by atoms with van der Waals surface area (Å²) in [7, 11) is 0. The summed E-state index contributed by atoms with van der Waals surface area (Å²) in [6.45, 7) is 6.02. The molecule has 1 aromatic rings. The molecule has 3 heteroatoms. The Labute approximate surface area is 88.5 Å². The first-order valence-electron chi connectivity index (χ1n) is 5.16. The SMILES string of the molecule is CC1(C)CNC[C@@H]1c1ccc(F)c(F)c1. The van der Waals surface area contributed by atoms with Crippen molar-refractivity contribution in [2.75, 3.05) is 13.1 Å². The van der Waals surface area contributed by atoms with Crippen molar-refractivity contribution in [3.05, 3.63) is 35.4 Å². The first-order chi connectivity index (χ1) is 7.00. The minimum atomic E-state index is -0.775. The molecule has 1 saturated heterocycles. The predicted molar refractivity (Wildman–Crippen MR) is 55.7 cm³/mol.